The summed E-state index contributed by atoms with van der Waals surface area (Å²) in [6.07, 6.45) is 0.958. The first kappa shape index (κ1) is 13.5. The standard InChI is InChI=1S/C14H16N2O5/c17-13-4-2-10(16-13)14(18)15-5-6-19-9-1-3-11-12(7-9)21-8-20-11/h1,3,7,10H,2,4-6,8H2,(H,15,18)(H,16,17)/t10-/m1/s1. The first-order chi connectivity index (χ1) is 10.2. The van der Waals surface area contributed by atoms with Gasteiger partial charge in [-0.1, -0.05) is 0 Å². The van der Waals surface area contributed by atoms with E-state index in [0.29, 0.717) is 43.2 Å². The van der Waals surface area contributed by atoms with E-state index in [0.717, 1.165) is 0 Å². The molecule has 1 aromatic rings. The van der Waals surface area contributed by atoms with E-state index in [1.54, 1.807) is 18.2 Å². The highest BCUT2D eigenvalue weighted by molar-refractivity contribution is 5.90. The van der Waals surface area contributed by atoms with E-state index < -0.39 is 6.04 Å². The Morgan fingerprint density at radius 3 is 3.05 bits per heavy atom. The van der Waals surface area contributed by atoms with E-state index in [-0.39, 0.29) is 18.6 Å². The number of benzene rings is 1. The average Bonchev–Trinajstić information content (AvgIpc) is 3.11. The van der Waals surface area contributed by atoms with Gasteiger partial charge in [-0.2, -0.15) is 0 Å². The van der Waals surface area contributed by atoms with Gasteiger partial charge in [0.15, 0.2) is 11.5 Å². The number of fused-ring (bicyclic) bond motifs is 1. The Kier molecular flexibility index (Phi) is 3.81. The van der Waals surface area contributed by atoms with Crippen LogP contribution in [0.25, 0.3) is 0 Å². The number of amides is 2. The Labute approximate surface area is 121 Å². The minimum Gasteiger partial charge on any atom is -0.492 e. The van der Waals surface area contributed by atoms with Gasteiger partial charge in [-0.05, 0) is 18.6 Å². The summed E-state index contributed by atoms with van der Waals surface area (Å²) in [5.41, 5.74) is 0. The third-order valence-corrected chi connectivity index (χ3v) is 3.33. The van der Waals surface area contributed by atoms with Crippen molar-refractivity contribution in [2.24, 2.45) is 0 Å². The summed E-state index contributed by atoms with van der Waals surface area (Å²) in [4.78, 5) is 22.8. The van der Waals surface area contributed by atoms with Gasteiger partial charge in [0, 0.05) is 12.5 Å². The topological polar surface area (TPSA) is 85.9 Å². The van der Waals surface area contributed by atoms with Gasteiger partial charge in [-0.3, -0.25) is 9.59 Å². The van der Waals surface area contributed by atoms with E-state index >= 15 is 0 Å². The second kappa shape index (κ2) is 5.90. The molecule has 2 aliphatic heterocycles. The van der Waals surface area contributed by atoms with Crippen LogP contribution >= 0.6 is 0 Å². The molecule has 0 aromatic heterocycles. The summed E-state index contributed by atoms with van der Waals surface area (Å²) in [5, 5.41) is 5.35. The Balaban J connectivity index is 1.40. The van der Waals surface area contributed by atoms with Crippen LogP contribution in [0.15, 0.2) is 18.2 Å². The van der Waals surface area contributed by atoms with Crippen LogP contribution in [0, 0.1) is 0 Å². The minimum absolute atomic E-state index is 0.0771. The van der Waals surface area contributed by atoms with Crippen LogP contribution in [0.3, 0.4) is 0 Å². The quantitative estimate of drug-likeness (QED) is 0.757. The summed E-state index contributed by atoms with van der Waals surface area (Å²) in [6, 6.07) is 4.90. The lowest BCUT2D eigenvalue weighted by Gasteiger charge is -2.11. The molecule has 112 valence electrons. The van der Waals surface area contributed by atoms with Gasteiger partial charge in [0.25, 0.3) is 0 Å². The molecule has 0 unspecified atom stereocenters. The predicted octanol–water partition coefficient (Wildman–Crippen LogP) is 0.189. The Morgan fingerprint density at radius 1 is 1.38 bits per heavy atom. The monoisotopic (exact) mass is 292 g/mol. The number of nitrogens with one attached hydrogen (secondary N) is 2. The fraction of sp³-hybridized carbons (Fsp3) is 0.429. The van der Waals surface area contributed by atoms with Gasteiger partial charge < -0.3 is 24.8 Å². The molecule has 0 spiro atoms. The molecule has 7 nitrogen and oxygen atoms in total. The second-order valence-electron chi connectivity index (χ2n) is 4.81. The van der Waals surface area contributed by atoms with Crippen molar-refractivity contribution in [3.05, 3.63) is 18.2 Å². The largest absolute Gasteiger partial charge is 0.492 e. The molecule has 2 heterocycles. The normalized spacial score (nSPS) is 19.2. The fourth-order valence-electron chi connectivity index (χ4n) is 2.24. The molecular formula is C14H16N2O5. The number of rotatable bonds is 5. The van der Waals surface area contributed by atoms with Gasteiger partial charge in [-0.25, -0.2) is 0 Å². The number of carbonyl (C=O) groups is 2. The first-order valence-electron chi connectivity index (χ1n) is 6.82. The van der Waals surface area contributed by atoms with E-state index in [1.165, 1.54) is 0 Å². The number of ether oxygens (including phenoxy) is 3. The second-order valence-corrected chi connectivity index (χ2v) is 4.81. The third-order valence-electron chi connectivity index (χ3n) is 3.33. The molecule has 7 heteroatoms. The highest BCUT2D eigenvalue weighted by Crippen LogP contribution is 2.34. The zero-order valence-electron chi connectivity index (χ0n) is 11.4. The highest BCUT2D eigenvalue weighted by atomic mass is 16.7. The van der Waals surface area contributed by atoms with Gasteiger partial charge in [0.05, 0.1) is 6.54 Å². The maximum atomic E-state index is 11.7. The zero-order valence-corrected chi connectivity index (χ0v) is 11.4. The van der Waals surface area contributed by atoms with Crippen LogP contribution in [0.2, 0.25) is 0 Å². The first-order valence-corrected chi connectivity index (χ1v) is 6.82. The maximum absolute atomic E-state index is 11.7. The van der Waals surface area contributed by atoms with Crippen molar-refractivity contribution in [2.45, 2.75) is 18.9 Å². The molecule has 1 atom stereocenters. The van der Waals surface area contributed by atoms with E-state index in [9.17, 15) is 9.59 Å². The molecule has 1 saturated heterocycles. The summed E-state index contributed by atoms with van der Waals surface area (Å²) < 4.78 is 16.0. The zero-order chi connectivity index (χ0) is 14.7. The third kappa shape index (κ3) is 3.18. The summed E-state index contributed by atoms with van der Waals surface area (Å²) in [6.45, 7) is 0.938. The molecule has 1 aromatic carbocycles. The van der Waals surface area contributed by atoms with E-state index in [1.807, 2.05) is 0 Å². The van der Waals surface area contributed by atoms with Crippen LogP contribution in [0.4, 0.5) is 0 Å². The molecule has 3 rings (SSSR count). The van der Waals surface area contributed by atoms with Crippen LogP contribution in [0.5, 0.6) is 17.2 Å². The van der Waals surface area contributed by atoms with Gasteiger partial charge in [0.2, 0.25) is 18.6 Å². The summed E-state index contributed by atoms with van der Waals surface area (Å²) in [5.74, 6) is 1.77. The van der Waals surface area contributed by atoms with Crippen LogP contribution < -0.4 is 24.8 Å². The molecule has 0 aliphatic carbocycles. The minimum atomic E-state index is -0.414. The predicted molar refractivity (Wildman–Crippen MR) is 72.2 cm³/mol. The van der Waals surface area contributed by atoms with E-state index in [2.05, 4.69) is 10.6 Å². The molecule has 2 aliphatic rings. The molecular weight excluding hydrogens is 276 g/mol. The molecule has 21 heavy (non-hydrogen) atoms. The molecule has 2 amide bonds. The van der Waals surface area contributed by atoms with Crippen LogP contribution in [-0.2, 0) is 9.59 Å². The van der Waals surface area contributed by atoms with Gasteiger partial charge in [0.1, 0.15) is 18.4 Å². The molecule has 1 fully saturated rings. The molecule has 0 radical (unpaired) electrons. The number of carbonyl (C=O) groups excluding carboxylic acids is 2. The lowest BCUT2D eigenvalue weighted by Crippen LogP contribution is -2.42. The molecule has 0 saturated carbocycles. The Bertz CT molecular complexity index is 560. The summed E-state index contributed by atoms with van der Waals surface area (Å²) >= 11 is 0. The van der Waals surface area contributed by atoms with Crippen molar-refractivity contribution in [1.29, 1.82) is 0 Å². The van der Waals surface area contributed by atoms with Crippen molar-refractivity contribution in [2.75, 3.05) is 19.9 Å². The summed E-state index contributed by atoms with van der Waals surface area (Å²) in [7, 11) is 0. The Morgan fingerprint density at radius 2 is 2.24 bits per heavy atom. The Hall–Kier alpha value is -2.44. The molecule has 0 bridgehead atoms. The van der Waals surface area contributed by atoms with Gasteiger partial charge in [-0.15, -0.1) is 0 Å². The van der Waals surface area contributed by atoms with Gasteiger partial charge >= 0.3 is 0 Å². The lowest BCUT2D eigenvalue weighted by molar-refractivity contribution is -0.125. The lowest BCUT2D eigenvalue weighted by atomic mass is 10.2. The average molecular weight is 292 g/mol. The highest BCUT2D eigenvalue weighted by Gasteiger charge is 2.26. The van der Waals surface area contributed by atoms with Crippen molar-refractivity contribution in [3.8, 4) is 17.2 Å². The number of hydrogen-bond donors (Lipinski definition) is 2. The maximum Gasteiger partial charge on any atom is 0.242 e. The fourth-order valence-corrected chi connectivity index (χ4v) is 2.24. The van der Waals surface area contributed by atoms with Crippen molar-refractivity contribution >= 4 is 11.8 Å². The smallest absolute Gasteiger partial charge is 0.242 e. The van der Waals surface area contributed by atoms with Crippen molar-refractivity contribution < 1.29 is 23.8 Å². The number of hydrogen-bond acceptors (Lipinski definition) is 5. The van der Waals surface area contributed by atoms with Crippen molar-refractivity contribution in [3.63, 3.8) is 0 Å². The van der Waals surface area contributed by atoms with Crippen molar-refractivity contribution in [1.82, 2.24) is 10.6 Å². The SMILES string of the molecule is O=C1CC[C@H](C(=O)NCCOc2ccc3c(c2)OCO3)N1. The van der Waals surface area contributed by atoms with E-state index in [4.69, 9.17) is 14.2 Å². The van der Waals surface area contributed by atoms with Crippen LogP contribution in [0.1, 0.15) is 12.8 Å². The van der Waals surface area contributed by atoms with Crippen LogP contribution in [-0.4, -0.2) is 37.8 Å². The molecule has 2 N–H and O–H groups in total.